The fraction of sp³-hybridized carbons (Fsp3) is 0.573. The molecule has 1 amide bonds. The van der Waals surface area contributed by atoms with Crippen molar-refractivity contribution in [3.63, 3.8) is 0 Å². The Bertz CT molecular complexity index is 2620. The monoisotopic (exact) mass is 1310 g/mol. The fourth-order valence-corrected chi connectivity index (χ4v) is 21.5. The average Bonchev–Trinajstić information content (AvgIpc) is 0.760. The van der Waals surface area contributed by atoms with E-state index in [9.17, 15) is 14.4 Å². The third kappa shape index (κ3) is 36.6. The van der Waals surface area contributed by atoms with Crippen LogP contribution in [-0.4, -0.2) is 72.0 Å². The number of unbranched alkanes of at least 4 members (excludes halogenated alkanes) is 22. The van der Waals surface area contributed by atoms with Crippen LogP contribution >= 0.6 is 0 Å². The molecule has 2 unspecified atom stereocenters. The zero-order valence-corrected chi connectivity index (χ0v) is 61.1. The third-order valence-corrected chi connectivity index (χ3v) is 27.3. The van der Waals surface area contributed by atoms with E-state index in [0.29, 0.717) is 13.0 Å². The lowest BCUT2D eigenvalue weighted by atomic mass is 10.0. The molecule has 0 aromatic heterocycles. The summed E-state index contributed by atoms with van der Waals surface area (Å²) in [7, 11) is -3.60. The second-order valence-electron chi connectivity index (χ2n) is 26.8. The van der Waals surface area contributed by atoms with Gasteiger partial charge in [-0.25, -0.2) is 0 Å². The summed E-state index contributed by atoms with van der Waals surface area (Å²) in [6.07, 6.45) is 44.1. The lowest BCUT2D eigenvalue weighted by molar-refractivity contribution is -0.141. The number of allylic oxidation sites excluding steroid dienone is 4. The largest absolute Gasteiger partial charge is 0.481 e. The minimum absolute atomic E-state index is 0. The minimum atomic E-state index is -2.46. The first kappa shape index (κ1) is 85.2. The van der Waals surface area contributed by atoms with Crippen molar-refractivity contribution in [2.24, 2.45) is 5.73 Å². The van der Waals surface area contributed by atoms with Crippen molar-refractivity contribution >= 4 is 55.2 Å². The van der Waals surface area contributed by atoms with Gasteiger partial charge < -0.3 is 29.7 Å². The van der Waals surface area contributed by atoms with Crippen LogP contribution < -0.4 is 31.8 Å². The number of hydrogen-bond donors (Lipinski definition) is 3. The Morgan fingerprint density at radius 2 is 0.785 bits per heavy atom. The fourth-order valence-electron chi connectivity index (χ4n) is 12.0. The lowest BCUT2D eigenvalue weighted by Gasteiger charge is -2.44. The quantitative estimate of drug-likeness (QED) is 0.0131. The molecule has 2 atom stereocenters. The highest BCUT2D eigenvalue weighted by atomic mass is 28.4. The number of ether oxygens (including phenoxy) is 1. The summed E-state index contributed by atoms with van der Waals surface area (Å²) >= 11 is 0. The van der Waals surface area contributed by atoms with E-state index in [-0.39, 0.29) is 48.6 Å². The molecule has 0 saturated heterocycles. The summed E-state index contributed by atoms with van der Waals surface area (Å²) in [5.41, 5.74) is 5.03. The summed E-state index contributed by atoms with van der Waals surface area (Å²) in [5, 5.41) is 16.7. The first-order chi connectivity index (χ1) is 44.4. The molecule has 0 spiro atoms. The maximum atomic E-state index is 11.6. The third-order valence-electron chi connectivity index (χ3n) is 17.0. The highest BCUT2D eigenvalue weighted by Gasteiger charge is 2.52. The van der Waals surface area contributed by atoms with Crippen LogP contribution in [0, 0.1) is 23.7 Å². The van der Waals surface area contributed by atoms with E-state index >= 15 is 0 Å². The summed E-state index contributed by atoms with van der Waals surface area (Å²) < 4.78 is 19.0. The van der Waals surface area contributed by atoms with Crippen LogP contribution in [0.25, 0.3) is 0 Å². The minimum Gasteiger partial charge on any atom is -0.481 e. The van der Waals surface area contributed by atoms with Crippen molar-refractivity contribution in [1.82, 2.24) is 5.32 Å². The van der Waals surface area contributed by atoms with Gasteiger partial charge in [0.15, 0.2) is 0 Å². The van der Waals surface area contributed by atoms with Gasteiger partial charge >= 0.3 is 11.9 Å². The molecule has 9 nitrogen and oxygen atoms in total. The Morgan fingerprint density at radius 3 is 1.08 bits per heavy atom. The number of nitrogens with one attached hydrogen (secondary N) is 1. The molecule has 0 heterocycles. The summed E-state index contributed by atoms with van der Waals surface area (Å²) in [4.78, 5) is 33.2. The van der Waals surface area contributed by atoms with Crippen molar-refractivity contribution in [1.29, 1.82) is 0 Å². The van der Waals surface area contributed by atoms with Crippen molar-refractivity contribution in [2.75, 3.05) is 20.2 Å². The number of carboxylic acid groups (broad SMARTS) is 1. The number of carboxylic acids is 1. The number of nitrogens with two attached hydrogens (primary N) is 1. The molecular weight excluding hydrogens is 1180 g/mol. The van der Waals surface area contributed by atoms with E-state index < -0.39 is 28.6 Å². The number of benzene rings is 4. The smallest absolute Gasteiger partial charge is 0.325 e. The van der Waals surface area contributed by atoms with Crippen LogP contribution in [0.4, 0.5) is 0 Å². The van der Waals surface area contributed by atoms with E-state index in [0.717, 1.165) is 51.4 Å². The molecular formula is C82H128N2O7Si2. The zero-order chi connectivity index (χ0) is 67.5. The molecule has 0 aliphatic carbocycles. The molecule has 4 rings (SSSR count). The van der Waals surface area contributed by atoms with Gasteiger partial charge in [-0.15, -0.1) is 0 Å². The highest BCUT2D eigenvalue weighted by Crippen LogP contribution is 2.39. The van der Waals surface area contributed by atoms with Gasteiger partial charge in [0.2, 0.25) is 5.91 Å². The summed E-state index contributed by atoms with van der Waals surface area (Å²) in [6, 6.07) is 43.9. The molecule has 0 aliphatic heterocycles. The predicted molar refractivity (Wildman–Crippen MR) is 403 cm³/mol. The number of carbonyl (C=O) groups is 3. The Morgan fingerprint density at radius 1 is 0.484 bits per heavy atom. The molecule has 4 N–H and O–H groups in total. The molecule has 0 radical (unpaired) electrons. The van der Waals surface area contributed by atoms with Gasteiger partial charge in [-0.1, -0.05) is 322 Å². The second-order valence-corrected chi connectivity index (χ2v) is 35.3. The Hall–Kier alpha value is -5.80. The van der Waals surface area contributed by atoms with Gasteiger partial charge in [0.05, 0.1) is 13.7 Å². The van der Waals surface area contributed by atoms with Gasteiger partial charge in [0.1, 0.15) is 6.54 Å². The number of amides is 1. The van der Waals surface area contributed by atoms with Crippen LogP contribution in [0.15, 0.2) is 146 Å². The predicted octanol–water partition coefficient (Wildman–Crippen LogP) is 18.7. The average molecular weight is 1310 g/mol. The number of methoxy groups -OCH3 is 1. The molecule has 0 bridgehead atoms. The van der Waals surface area contributed by atoms with Crippen molar-refractivity contribution < 1.29 is 33.1 Å². The second kappa shape index (κ2) is 52.5. The van der Waals surface area contributed by atoms with Crippen molar-refractivity contribution in [3.8, 4) is 23.7 Å². The molecule has 0 saturated carbocycles. The summed E-state index contributed by atoms with van der Waals surface area (Å²) in [6.45, 7) is 20.8. The van der Waals surface area contributed by atoms with Gasteiger partial charge in [0, 0.05) is 25.0 Å². The Balaban J connectivity index is 0.000000838. The van der Waals surface area contributed by atoms with Gasteiger partial charge in [-0.2, -0.15) is 0 Å². The van der Waals surface area contributed by atoms with E-state index in [1.807, 2.05) is 0 Å². The van der Waals surface area contributed by atoms with Gasteiger partial charge in [0.25, 0.3) is 16.6 Å². The number of carbonyl (C=O) groups excluding carboxylic acids is 2. The first-order valence-electron chi connectivity index (χ1n) is 35.4. The summed E-state index contributed by atoms with van der Waals surface area (Å²) in [5.74, 6) is 9.12. The van der Waals surface area contributed by atoms with Crippen LogP contribution in [0.2, 0.25) is 10.1 Å². The van der Waals surface area contributed by atoms with Crippen molar-refractivity contribution in [3.05, 3.63) is 146 Å². The van der Waals surface area contributed by atoms with Crippen LogP contribution in [0.1, 0.15) is 262 Å². The van der Waals surface area contributed by atoms with E-state index in [4.69, 9.17) is 19.7 Å². The molecule has 0 fully saturated rings. The van der Waals surface area contributed by atoms with Gasteiger partial charge in [-0.05, 0) is 128 Å². The molecule has 516 valence electrons. The Kier molecular flexibility index (Phi) is 48.1. The first-order valence-corrected chi connectivity index (χ1v) is 39.2. The van der Waals surface area contributed by atoms with Gasteiger partial charge in [-0.3, -0.25) is 14.4 Å². The van der Waals surface area contributed by atoms with Crippen LogP contribution in [0.5, 0.6) is 0 Å². The van der Waals surface area contributed by atoms with E-state index in [2.05, 4.69) is 235 Å². The molecule has 0 aliphatic rings. The van der Waals surface area contributed by atoms with E-state index in [1.165, 1.54) is 156 Å². The Labute approximate surface area is 570 Å². The van der Waals surface area contributed by atoms with Crippen molar-refractivity contribution in [2.45, 2.75) is 285 Å². The maximum Gasteiger partial charge on any atom is 0.325 e. The zero-order valence-electron chi connectivity index (χ0n) is 59.1. The standard InChI is InChI=1S/C39H61NO4Si.C36H56O3Si.C6H7N.CH4/c1-34(44-45(39(2,3)4,35-28-22-19-23-29-35)36-30-24-20-25-31-36)27-21-17-15-13-11-9-7-6-8-10-12-14-16-18-26-32-37(41)40-33-38(42)43-5;1-32(26-20-16-14-12-10-8-6-5-7-9-11-13-15-17-25-31-35(37)38)39-40(36(2,3)4,33-27-21-18-22-28-33)34-29-23-19-24-30-34;1-2-3-4-5-6-7;/h14,16,19-20,22-25,28-31,34H,6-13,15,17-18,21,26-27,32-33H2,1-5H3,(H,40,41);13,15,18-19,21-24,27-30,32H,5-12,14,16-17,20,25-26,31H2,1-4H3,(H,37,38);6-7H2,1H3;1H4/b16-14-;15-13-;;. The van der Waals surface area contributed by atoms with E-state index in [1.54, 1.807) is 6.92 Å². The lowest BCUT2D eigenvalue weighted by Crippen LogP contribution is -2.67. The number of esters is 1. The molecule has 4 aromatic carbocycles. The van der Waals surface area contributed by atoms with Crippen LogP contribution in [0.3, 0.4) is 0 Å². The molecule has 93 heavy (non-hydrogen) atoms. The number of hydrogen-bond acceptors (Lipinski definition) is 7. The molecule has 4 aromatic rings. The maximum absolute atomic E-state index is 11.6. The number of aliphatic carboxylic acids is 1. The SMILES string of the molecule is C.CC#CC#CCN.CC(CCCCCCCCCCCC/C=C\CCCC(=O)O)O[Si](c1ccccc1)(c1ccccc1)C(C)(C)C.COC(=O)CNC(=O)CCC/C=C\CCCCCCCCCCCCC(C)O[Si](c1ccccc1)(c1ccccc1)C(C)(C)C. The number of rotatable bonds is 44. The normalized spacial score (nSPS) is 12.2. The highest BCUT2D eigenvalue weighted by molar-refractivity contribution is 7.00. The topological polar surface area (TPSA) is 137 Å². The van der Waals surface area contributed by atoms with Crippen LogP contribution in [-0.2, 0) is 28.0 Å². The molecule has 11 heteroatoms.